The van der Waals surface area contributed by atoms with Crippen molar-refractivity contribution in [3.05, 3.63) is 65.4 Å². The zero-order valence-electron chi connectivity index (χ0n) is 14.9. The number of nitrogens with zero attached hydrogens (tertiary/aromatic N) is 1. The Balaban J connectivity index is 1.35. The molecule has 3 nitrogen and oxygen atoms in total. The van der Waals surface area contributed by atoms with Crippen molar-refractivity contribution in [3.63, 3.8) is 0 Å². The highest BCUT2D eigenvalue weighted by molar-refractivity contribution is 5.86. The number of fused-ring (bicyclic) bond motifs is 3. The van der Waals surface area contributed by atoms with Crippen molar-refractivity contribution in [2.45, 2.75) is 32.2 Å². The quantitative estimate of drug-likeness (QED) is 0.670. The molecule has 1 aromatic heterocycles. The Morgan fingerprint density at radius 2 is 1.96 bits per heavy atom. The normalized spacial score (nSPS) is 14.6. The van der Waals surface area contributed by atoms with Gasteiger partial charge in [-0.05, 0) is 61.6 Å². The molecule has 1 N–H and O–H groups in total. The monoisotopic (exact) mass is 334 g/mol. The summed E-state index contributed by atoms with van der Waals surface area (Å²) in [5, 5.41) is 1.33. The van der Waals surface area contributed by atoms with Crippen LogP contribution in [0.5, 0.6) is 5.75 Å². The van der Waals surface area contributed by atoms with Gasteiger partial charge in [-0.25, -0.2) is 0 Å². The van der Waals surface area contributed by atoms with Crippen LogP contribution in [-0.4, -0.2) is 30.1 Å². The lowest BCUT2D eigenvalue weighted by molar-refractivity contribution is 0.247. The van der Waals surface area contributed by atoms with Gasteiger partial charge in [0.25, 0.3) is 0 Å². The third-order valence-corrected chi connectivity index (χ3v) is 5.29. The minimum absolute atomic E-state index is 0.942. The molecule has 0 atom stereocenters. The number of rotatable bonds is 6. The molecule has 0 fully saturated rings. The number of ether oxygens (including phenoxy) is 1. The van der Waals surface area contributed by atoms with Gasteiger partial charge in [0.1, 0.15) is 5.75 Å². The maximum atomic E-state index is 5.38. The summed E-state index contributed by atoms with van der Waals surface area (Å²) in [7, 11) is 1.73. The van der Waals surface area contributed by atoms with Crippen LogP contribution in [0.15, 0.2) is 48.5 Å². The van der Waals surface area contributed by atoms with Crippen molar-refractivity contribution in [1.82, 2.24) is 9.88 Å². The summed E-state index contributed by atoms with van der Waals surface area (Å²) < 4.78 is 5.38. The van der Waals surface area contributed by atoms with E-state index in [1.54, 1.807) is 7.11 Å². The van der Waals surface area contributed by atoms with Gasteiger partial charge in [-0.15, -0.1) is 0 Å². The second kappa shape index (κ2) is 7.32. The first-order chi connectivity index (χ1) is 12.3. The average molecular weight is 334 g/mol. The molecule has 0 bridgehead atoms. The zero-order valence-corrected chi connectivity index (χ0v) is 14.9. The van der Waals surface area contributed by atoms with Crippen LogP contribution in [0, 0.1) is 0 Å². The van der Waals surface area contributed by atoms with Gasteiger partial charge in [0.15, 0.2) is 0 Å². The van der Waals surface area contributed by atoms with Gasteiger partial charge in [-0.1, -0.05) is 30.3 Å². The van der Waals surface area contributed by atoms with Crippen molar-refractivity contribution >= 4 is 10.9 Å². The van der Waals surface area contributed by atoms with E-state index in [0.717, 1.165) is 25.3 Å². The summed E-state index contributed by atoms with van der Waals surface area (Å²) in [5.41, 5.74) is 5.55. The molecular weight excluding hydrogens is 308 g/mol. The van der Waals surface area contributed by atoms with E-state index in [2.05, 4.69) is 52.3 Å². The van der Waals surface area contributed by atoms with Crippen LogP contribution in [0.3, 0.4) is 0 Å². The molecule has 25 heavy (non-hydrogen) atoms. The summed E-state index contributed by atoms with van der Waals surface area (Å²) in [5.74, 6) is 0.942. The van der Waals surface area contributed by atoms with Gasteiger partial charge < -0.3 is 9.72 Å². The van der Waals surface area contributed by atoms with Gasteiger partial charge >= 0.3 is 0 Å². The number of nitrogens with one attached hydrogen (secondary N) is 1. The number of benzene rings is 2. The Morgan fingerprint density at radius 3 is 2.80 bits per heavy atom. The second-order valence-corrected chi connectivity index (χ2v) is 6.96. The van der Waals surface area contributed by atoms with E-state index in [0.29, 0.717) is 0 Å². The maximum absolute atomic E-state index is 5.38. The van der Waals surface area contributed by atoms with Crippen LogP contribution in [0.1, 0.15) is 29.7 Å². The fourth-order valence-electron chi connectivity index (χ4n) is 3.90. The van der Waals surface area contributed by atoms with E-state index in [4.69, 9.17) is 4.74 Å². The van der Waals surface area contributed by atoms with Crippen LogP contribution in [-0.2, 0) is 19.4 Å². The smallest absolute Gasteiger partial charge is 0.119 e. The minimum atomic E-state index is 0.942. The number of hydrogen-bond acceptors (Lipinski definition) is 2. The maximum Gasteiger partial charge on any atom is 0.119 e. The number of unbranched alkanes of at least 4 members (excludes halogenated alkanes) is 1. The van der Waals surface area contributed by atoms with Crippen molar-refractivity contribution < 1.29 is 4.74 Å². The SMILES string of the molecule is COc1ccc2[nH]c3c(c2c1)CCN(CCCCc1ccccc1)C3. The number of hydrogen-bond donors (Lipinski definition) is 1. The summed E-state index contributed by atoms with van der Waals surface area (Å²) in [6, 6.07) is 17.1. The number of aromatic amines is 1. The number of aromatic nitrogens is 1. The molecule has 0 aliphatic carbocycles. The molecule has 0 amide bonds. The highest BCUT2D eigenvalue weighted by Crippen LogP contribution is 2.30. The van der Waals surface area contributed by atoms with Crippen molar-refractivity contribution in [1.29, 1.82) is 0 Å². The topological polar surface area (TPSA) is 28.3 Å². The highest BCUT2D eigenvalue weighted by atomic mass is 16.5. The number of aryl methyl sites for hydroxylation is 1. The van der Waals surface area contributed by atoms with Gasteiger partial charge in [-0.3, -0.25) is 4.90 Å². The molecule has 3 aromatic rings. The Morgan fingerprint density at radius 1 is 1.08 bits per heavy atom. The largest absolute Gasteiger partial charge is 0.497 e. The first-order valence-electron chi connectivity index (χ1n) is 9.27. The number of methoxy groups -OCH3 is 1. The second-order valence-electron chi connectivity index (χ2n) is 6.96. The first kappa shape index (κ1) is 16.2. The summed E-state index contributed by atoms with van der Waals surface area (Å²) in [6.45, 7) is 3.38. The van der Waals surface area contributed by atoms with Gasteiger partial charge in [0.05, 0.1) is 7.11 Å². The molecule has 0 saturated carbocycles. The van der Waals surface area contributed by atoms with Crippen LogP contribution in [0.25, 0.3) is 10.9 Å². The minimum Gasteiger partial charge on any atom is -0.497 e. The van der Waals surface area contributed by atoms with Crippen LogP contribution < -0.4 is 4.74 Å². The lowest BCUT2D eigenvalue weighted by Gasteiger charge is -2.26. The third kappa shape index (κ3) is 3.57. The van der Waals surface area contributed by atoms with Crippen molar-refractivity contribution in [2.75, 3.05) is 20.2 Å². The summed E-state index contributed by atoms with van der Waals surface area (Å²) >= 11 is 0. The van der Waals surface area contributed by atoms with Crippen LogP contribution >= 0.6 is 0 Å². The van der Waals surface area contributed by atoms with Crippen molar-refractivity contribution in [3.8, 4) is 5.75 Å². The molecule has 3 heteroatoms. The van der Waals surface area contributed by atoms with Crippen LogP contribution in [0.2, 0.25) is 0 Å². The zero-order chi connectivity index (χ0) is 17.1. The fraction of sp³-hybridized carbons (Fsp3) is 0.364. The standard InChI is InChI=1S/C22H26N2O/c1-25-18-10-11-21-20(15-18)19-12-14-24(16-22(19)23-21)13-6-5-9-17-7-3-2-4-8-17/h2-4,7-8,10-11,15,23H,5-6,9,12-14,16H2,1H3. The van der Waals surface area contributed by atoms with Crippen molar-refractivity contribution in [2.24, 2.45) is 0 Å². The predicted octanol–water partition coefficient (Wildman–Crippen LogP) is 4.56. The van der Waals surface area contributed by atoms with E-state index in [9.17, 15) is 0 Å². The van der Waals surface area contributed by atoms with E-state index in [-0.39, 0.29) is 0 Å². The molecule has 1 aliphatic rings. The Bertz CT molecular complexity index is 838. The molecular formula is C22H26N2O. The first-order valence-corrected chi connectivity index (χ1v) is 9.27. The Hall–Kier alpha value is -2.26. The summed E-state index contributed by atoms with van der Waals surface area (Å²) in [4.78, 5) is 6.20. The van der Waals surface area contributed by atoms with E-state index < -0.39 is 0 Å². The molecule has 1 aliphatic heterocycles. The lowest BCUT2D eigenvalue weighted by Crippen LogP contribution is -2.31. The third-order valence-electron chi connectivity index (χ3n) is 5.29. The van der Waals surface area contributed by atoms with Gasteiger partial charge in [0.2, 0.25) is 0 Å². The average Bonchev–Trinajstić information content (AvgIpc) is 3.03. The Labute approximate surface area is 149 Å². The summed E-state index contributed by atoms with van der Waals surface area (Å²) in [6.07, 6.45) is 4.84. The number of H-pyrrole nitrogens is 1. The lowest BCUT2D eigenvalue weighted by atomic mass is 10.0. The molecule has 0 radical (unpaired) electrons. The predicted molar refractivity (Wildman–Crippen MR) is 103 cm³/mol. The fourth-order valence-corrected chi connectivity index (χ4v) is 3.90. The van der Waals surface area contributed by atoms with E-state index in [1.165, 1.54) is 53.5 Å². The molecule has 0 saturated heterocycles. The highest BCUT2D eigenvalue weighted by Gasteiger charge is 2.20. The Kier molecular flexibility index (Phi) is 4.75. The molecule has 130 valence electrons. The molecule has 2 aromatic carbocycles. The molecule has 2 heterocycles. The van der Waals surface area contributed by atoms with E-state index >= 15 is 0 Å². The van der Waals surface area contributed by atoms with E-state index in [1.807, 2.05) is 6.07 Å². The van der Waals surface area contributed by atoms with Gasteiger partial charge in [0, 0.05) is 29.7 Å². The van der Waals surface area contributed by atoms with Gasteiger partial charge in [-0.2, -0.15) is 0 Å². The molecule has 0 spiro atoms. The van der Waals surface area contributed by atoms with Crippen LogP contribution in [0.4, 0.5) is 0 Å². The molecule has 4 rings (SSSR count). The molecule has 0 unspecified atom stereocenters.